The quantitative estimate of drug-likeness (QED) is 0.881. The van der Waals surface area contributed by atoms with E-state index < -0.39 is 0 Å². The highest BCUT2D eigenvalue weighted by Crippen LogP contribution is 2.09. The number of carbonyl (C=O) groups is 2. The Hall–Kier alpha value is -1.84. The number of benzene rings is 1. The van der Waals surface area contributed by atoms with Gasteiger partial charge in [-0.15, -0.1) is 0 Å². The van der Waals surface area contributed by atoms with Gasteiger partial charge in [0, 0.05) is 32.1 Å². The van der Waals surface area contributed by atoms with Crippen molar-refractivity contribution < 1.29 is 9.59 Å². The van der Waals surface area contributed by atoms with Gasteiger partial charge in [-0.3, -0.25) is 9.59 Å². The second-order valence-corrected chi connectivity index (χ2v) is 4.63. The summed E-state index contributed by atoms with van der Waals surface area (Å²) in [6.07, 6.45) is 0. The van der Waals surface area contributed by atoms with E-state index in [1.54, 1.807) is 31.1 Å². The summed E-state index contributed by atoms with van der Waals surface area (Å²) in [6.45, 7) is 4.33. The first kappa shape index (κ1) is 14.2. The third-order valence-electron chi connectivity index (χ3n) is 2.73. The number of carbonyl (C=O) groups excluding carboxylic acids is 2. The van der Waals surface area contributed by atoms with Gasteiger partial charge in [0.15, 0.2) is 0 Å². The monoisotopic (exact) mass is 248 g/mol. The van der Waals surface area contributed by atoms with Gasteiger partial charge in [0.05, 0.1) is 0 Å². The molecular formula is C14H20N2O2. The summed E-state index contributed by atoms with van der Waals surface area (Å²) in [4.78, 5) is 24.8. The van der Waals surface area contributed by atoms with Crippen LogP contribution in [0.4, 0.5) is 0 Å². The number of nitrogens with zero attached hydrogens (tertiary/aromatic N) is 1. The van der Waals surface area contributed by atoms with Gasteiger partial charge < -0.3 is 10.2 Å². The molecule has 4 nitrogen and oxygen atoms in total. The van der Waals surface area contributed by atoms with Crippen molar-refractivity contribution >= 4 is 11.8 Å². The first-order valence-electron chi connectivity index (χ1n) is 6.01. The summed E-state index contributed by atoms with van der Waals surface area (Å²) in [6, 6.07) is 7.27. The van der Waals surface area contributed by atoms with E-state index in [1.165, 1.54) is 0 Å². The molecule has 18 heavy (non-hydrogen) atoms. The first-order chi connectivity index (χ1) is 8.45. The molecule has 1 aromatic carbocycles. The molecule has 1 aromatic rings. The molecule has 1 rings (SSSR count). The minimum Gasteiger partial charge on any atom is -0.355 e. The molecule has 0 radical (unpaired) electrons. The van der Waals surface area contributed by atoms with E-state index in [-0.39, 0.29) is 17.7 Å². The highest BCUT2D eigenvalue weighted by molar-refractivity contribution is 5.93. The molecular weight excluding hydrogens is 228 g/mol. The van der Waals surface area contributed by atoms with Crippen molar-refractivity contribution in [2.24, 2.45) is 5.92 Å². The van der Waals surface area contributed by atoms with Gasteiger partial charge in [0.25, 0.3) is 5.91 Å². The largest absolute Gasteiger partial charge is 0.355 e. The molecule has 0 heterocycles. The normalized spacial score (nSPS) is 10.3. The molecule has 0 saturated carbocycles. The van der Waals surface area contributed by atoms with Gasteiger partial charge in [-0.2, -0.15) is 0 Å². The zero-order valence-corrected chi connectivity index (χ0v) is 11.4. The molecule has 0 aromatic heterocycles. The Balaban J connectivity index is 2.69. The molecule has 0 aliphatic heterocycles. The lowest BCUT2D eigenvalue weighted by Crippen LogP contribution is -2.29. The molecule has 0 bridgehead atoms. The first-order valence-corrected chi connectivity index (χ1v) is 6.01. The summed E-state index contributed by atoms with van der Waals surface area (Å²) in [5, 5.41) is 2.57. The van der Waals surface area contributed by atoms with Crippen molar-refractivity contribution in [3.8, 4) is 0 Å². The van der Waals surface area contributed by atoms with Crippen molar-refractivity contribution in [1.82, 2.24) is 10.2 Å². The molecule has 98 valence electrons. The van der Waals surface area contributed by atoms with Crippen molar-refractivity contribution in [1.29, 1.82) is 0 Å². The molecule has 2 amide bonds. The van der Waals surface area contributed by atoms with Gasteiger partial charge >= 0.3 is 0 Å². The van der Waals surface area contributed by atoms with Crippen LogP contribution < -0.4 is 5.32 Å². The van der Waals surface area contributed by atoms with E-state index in [0.29, 0.717) is 12.1 Å². The zero-order valence-electron chi connectivity index (χ0n) is 11.4. The van der Waals surface area contributed by atoms with Crippen LogP contribution >= 0.6 is 0 Å². The van der Waals surface area contributed by atoms with Crippen molar-refractivity contribution in [3.05, 3.63) is 35.4 Å². The molecule has 0 spiro atoms. The van der Waals surface area contributed by atoms with Crippen LogP contribution in [0.1, 0.15) is 29.8 Å². The average molecular weight is 248 g/mol. The number of hydrogen-bond acceptors (Lipinski definition) is 2. The van der Waals surface area contributed by atoms with Crippen LogP contribution in [-0.4, -0.2) is 30.8 Å². The second-order valence-electron chi connectivity index (χ2n) is 4.63. The average Bonchev–Trinajstić information content (AvgIpc) is 2.37. The molecule has 1 N–H and O–H groups in total. The van der Waals surface area contributed by atoms with Crippen LogP contribution in [0.15, 0.2) is 24.3 Å². The van der Waals surface area contributed by atoms with Crippen LogP contribution in [-0.2, 0) is 11.3 Å². The summed E-state index contributed by atoms with van der Waals surface area (Å²) in [7, 11) is 3.39. The fourth-order valence-electron chi connectivity index (χ4n) is 1.70. The molecule has 0 aliphatic carbocycles. The Morgan fingerprint density at radius 2 is 1.78 bits per heavy atom. The molecule has 0 unspecified atom stereocenters. The van der Waals surface area contributed by atoms with Crippen LogP contribution in [0.25, 0.3) is 0 Å². The van der Waals surface area contributed by atoms with Crippen LogP contribution in [0.2, 0.25) is 0 Å². The number of rotatable bonds is 4. The molecule has 0 fully saturated rings. The zero-order chi connectivity index (χ0) is 13.7. The van der Waals surface area contributed by atoms with E-state index in [0.717, 1.165) is 5.56 Å². The predicted molar refractivity (Wildman–Crippen MR) is 71.1 cm³/mol. The molecule has 4 heteroatoms. The smallest absolute Gasteiger partial charge is 0.251 e. The third kappa shape index (κ3) is 3.58. The lowest BCUT2D eigenvalue weighted by molar-refractivity contribution is -0.133. The maximum absolute atomic E-state index is 11.7. The van der Waals surface area contributed by atoms with Gasteiger partial charge in [-0.1, -0.05) is 26.0 Å². The maximum atomic E-state index is 11.7. The highest BCUT2D eigenvalue weighted by atomic mass is 16.2. The van der Waals surface area contributed by atoms with Crippen LogP contribution in [0.3, 0.4) is 0 Å². The lowest BCUT2D eigenvalue weighted by atomic mass is 10.1. The van der Waals surface area contributed by atoms with Crippen molar-refractivity contribution in [3.63, 3.8) is 0 Å². The second kappa shape index (κ2) is 6.19. The van der Waals surface area contributed by atoms with Gasteiger partial charge in [-0.05, 0) is 17.7 Å². The Labute approximate surface area is 108 Å². The van der Waals surface area contributed by atoms with E-state index in [2.05, 4.69) is 5.32 Å². The maximum Gasteiger partial charge on any atom is 0.251 e. The van der Waals surface area contributed by atoms with E-state index >= 15 is 0 Å². The van der Waals surface area contributed by atoms with Gasteiger partial charge in [0.2, 0.25) is 5.91 Å². The standard InChI is InChI=1S/C14H20N2O2/c1-10(2)14(18)16(4)9-11-5-7-12(8-6-11)13(17)15-3/h5-8,10H,9H2,1-4H3,(H,15,17). The summed E-state index contributed by atoms with van der Waals surface area (Å²) < 4.78 is 0. The SMILES string of the molecule is CNC(=O)c1ccc(CN(C)C(=O)C(C)C)cc1. The number of hydrogen-bond donors (Lipinski definition) is 1. The molecule has 0 aliphatic rings. The fourth-order valence-corrected chi connectivity index (χ4v) is 1.70. The lowest BCUT2D eigenvalue weighted by Gasteiger charge is -2.19. The van der Waals surface area contributed by atoms with E-state index in [1.807, 2.05) is 26.0 Å². The summed E-state index contributed by atoms with van der Waals surface area (Å²) in [5.74, 6) is 0.0127. The van der Waals surface area contributed by atoms with Crippen molar-refractivity contribution in [2.75, 3.05) is 14.1 Å². The molecule has 0 atom stereocenters. The van der Waals surface area contributed by atoms with E-state index in [4.69, 9.17) is 0 Å². The van der Waals surface area contributed by atoms with E-state index in [9.17, 15) is 9.59 Å². The Kier molecular flexibility index (Phi) is 4.89. The third-order valence-corrected chi connectivity index (χ3v) is 2.73. The molecule has 0 saturated heterocycles. The Morgan fingerprint density at radius 3 is 2.22 bits per heavy atom. The van der Waals surface area contributed by atoms with Gasteiger partial charge in [-0.25, -0.2) is 0 Å². The van der Waals surface area contributed by atoms with Crippen LogP contribution in [0.5, 0.6) is 0 Å². The Morgan fingerprint density at radius 1 is 1.22 bits per heavy atom. The fraction of sp³-hybridized carbons (Fsp3) is 0.429. The minimum atomic E-state index is -0.104. The topological polar surface area (TPSA) is 49.4 Å². The van der Waals surface area contributed by atoms with Crippen molar-refractivity contribution in [2.45, 2.75) is 20.4 Å². The highest BCUT2D eigenvalue weighted by Gasteiger charge is 2.13. The summed E-state index contributed by atoms with van der Waals surface area (Å²) >= 11 is 0. The number of amides is 2. The summed E-state index contributed by atoms with van der Waals surface area (Å²) in [5.41, 5.74) is 1.64. The number of nitrogens with one attached hydrogen (secondary N) is 1. The Bertz CT molecular complexity index is 424. The minimum absolute atomic E-state index is 0.000132. The van der Waals surface area contributed by atoms with Gasteiger partial charge in [0.1, 0.15) is 0 Å². The van der Waals surface area contributed by atoms with Crippen LogP contribution in [0, 0.1) is 5.92 Å². The predicted octanol–water partition coefficient (Wildman–Crippen LogP) is 1.66.